The van der Waals surface area contributed by atoms with Crippen LogP contribution in [0.5, 0.6) is 0 Å². The summed E-state index contributed by atoms with van der Waals surface area (Å²) < 4.78 is 56.4. The van der Waals surface area contributed by atoms with Gasteiger partial charge in [-0.25, -0.2) is 0 Å². The third-order valence-corrected chi connectivity index (χ3v) is 2.91. The van der Waals surface area contributed by atoms with Crippen molar-refractivity contribution < 1.29 is 35.5 Å². The molecule has 21 heavy (non-hydrogen) atoms. The summed E-state index contributed by atoms with van der Waals surface area (Å²) in [7, 11) is -7.87. The highest BCUT2D eigenvalue weighted by Gasteiger charge is 2.03. The highest BCUT2D eigenvalue weighted by molar-refractivity contribution is 7.86. The SMILES string of the molecule is CC(=O)NCCS(=O)(=O)O.CC(=O)NCCS(=O)(=O)O.[Mg]. The molecule has 2 amide bonds. The molecule has 10 nitrogen and oxygen atoms in total. The second kappa shape index (κ2) is 12.1. The fourth-order valence-corrected chi connectivity index (χ4v) is 1.43. The lowest BCUT2D eigenvalue weighted by Crippen LogP contribution is -2.26. The number of rotatable bonds is 6. The van der Waals surface area contributed by atoms with Crippen molar-refractivity contribution in [3.8, 4) is 0 Å². The van der Waals surface area contributed by atoms with E-state index >= 15 is 0 Å². The Kier molecular flexibility index (Phi) is 14.7. The van der Waals surface area contributed by atoms with Gasteiger partial charge >= 0.3 is 0 Å². The van der Waals surface area contributed by atoms with Crippen molar-refractivity contribution in [3.63, 3.8) is 0 Å². The summed E-state index contributed by atoms with van der Waals surface area (Å²) in [5.74, 6) is -1.51. The van der Waals surface area contributed by atoms with E-state index in [9.17, 15) is 26.4 Å². The maximum atomic E-state index is 10.1. The van der Waals surface area contributed by atoms with Crippen LogP contribution in [0.25, 0.3) is 0 Å². The lowest BCUT2D eigenvalue weighted by Gasteiger charge is -1.97. The molecule has 0 heterocycles. The Morgan fingerprint density at radius 1 is 0.810 bits per heavy atom. The van der Waals surface area contributed by atoms with Crippen LogP contribution in [-0.2, 0) is 29.8 Å². The van der Waals surface area contributed by atoms with Gasteiger partial charge in [0.25, 0.3) is 20.2 Å². The predicted octanol–water partition coefficient (Wildman–Crippen LogP) is -2.36. The Labute approximate surface area is 139 Å². The molecule has 0 aliphatic heterocycles. The van der Waals surface area contributed by atoms with E-state index in [1.165, 1.54) is 13.8 Å². The highest BCUT2D eigenvalue weighted by atomic mass is 32.2. The van der Waals surface area contributed by atoms with Crippen LogP contribution in [0.3, 0.4) is 0 Å². The van der Waals surface area contributed by atoms with Gasteiger partial charge < -0.3 is 10.6 Å². The summed E-state index contributed by atoms with van der Waals surface area (Å²) >= 11 is 0. The van der Waals surface area contributed by atoms with Crippen LogP contribution >= 0.6 is 0 Å². The second-order valence-electron chi connectivity index (χ2n) is 3.54. The van der Waals surface area contributed by atoms with Gasteiger partial charge in [0.2, 0.25) is 11.8 Å². The predicted molar refractivity (Wildman–Crippen MR) is 76.0 cm³/mol. The molecule has 0 spiro atoms. The lowest BCUT2D eigenvalue weighted by molar-refractivity contribution is -0.119. The zero-order valence-electron chi connectivity index (χ0n) is 11.7. The maximum absolute atomic E-state index is 10.1. The third kappa shape index (κ3) is 32.8. The van der Waals surface area contributed by atoms with Gasteiger partial charge in [-0.2, -0.15) is 16.8 Å². The summed E-state index contributed by atoms with van der Waals surface area (Å²) in [5.41, 5.74) is 0. The average Bonchev–Trinajstić information content (AvgIpc) is 2.12. The number of amides is 2. The normalized spacial score (nSPS) is 10.5. The van der Waals surface area contributed by atoms with E-state index in [2.05, 4.69) is 10.6 Å². The van der Waals surface area contributed by atoms with Gasteiger partial charge in [-0.05, 0) is 0 Å². The van der Waals surface area contributed by atoms with E-state index in [0.29, 0.717) is 0 Å². The Bertz CT molecular complexity index is 468. The fraction of sp³-hybridized carbons (Fsp3) is 0.750. The molecule has 0 fully saturated rings. The van der Waals surface area contributed by atoms with Crippen LogP contribution < -0.4 is 10.6 Å². The first kappa shape index (κ1) is 25.5. The first-order chi connectivity index (χ1) is 8.83. The van der Waals surface area contributed by atoms with E-state index in [1.54, 1.807) is 0 Å². The van der Waals surface area contributed by atoms with Crippen LogP contribution in [0.1, 0.15) is 13.8 Å². The topological polar surface area (TPSA) is 167 Å². The molecule has 0 aromatic rings. The molecule has 0 aliphatic rings. The lowest BCUT2D eigenvalue weighted by atomic mass is 10.6. The molecule has 0 bridgehead atoms. The van der Waals surface area contributed by atoms with E-state index < -0.39 is 31.7 Å². The summed E-state index contributed by atoms with van der Waals surface area (Å²) in [6, 6.07) is 0. The summed E-state index contributed by atoms with van der Waals surface area (Å²) in [4.78, 5) is 20.3. The van der Waals surface area contributed by atoms with Crippen LogP contribution in [0.15, 0.2) is 0 Å². The van der Waals surface area contributed by atoms with Gasteiger partial charge in [-0.15, -0.1) is 0 Å². The molecular weight excluding hydrogens is 341 g/mol. The summed E-state index contributed by atoms with van der Waals surface area (Å²) in [6.45, 7) is 2.44. The molecule has 122 valence electrons. The maximum Gasteiger partial charge on any atom is 0.266 e. The average molecular weight is 359 g/mol. The van der Waals surface area contributed by atoms with E-state index in [0.717, 1.165) is 0 Å². The molecule has 0 saturated carbocycles. The van der Waals surface area contributed by atoms with Crippen molar-refractivity contribution in [1.29, 1.82) is 0 Å². The van der Waals surface area contributed by atoms with Crippen LogP contribution in [-0.4, -0.2) is 85.4 Å². The Morgan fingerprint density at radius 2 is 1.05 bits per heavy atom. The molecule has 0 atom stereocenters. The molecule has 13 heteroatoms. The molecule has 0 aromatic carbocycles. The summed E-state index contributed by atoms with van der Waals surface area (Å²) in [6.07, 6.45) is 0. The minimum atomic E-state index is -3.93. The van der Waals surface area contributed by atoms with Crippen LogP contribution in [0, 0.1) is 0 Å². The van der Waals surface area contributed by atoms with E-state index in [1.807, 2.05) is 0 Å². The van der Waals surface area contributed by atoms with Crippen molar-refractivity contribution in [3.05, 3.63) is 0 Å². The third-order valence-electron chi connectivity index (χ3n) is 1.47. The van der Waals surface area contributed by atoms with Gasteiger partial charge in [-0.3, -0.25) is 18.7 Å². The molecule has 2 radical (unpaired) electrons. The smallest absolute Gasteiger partial charge is 0.266 e. The number of nitrogens with one attached hydrogen (secondary N) is 2. The van der Waals surface area contributed by atoms with Crippen molar-refractivity contribution in [2.24, 2.45) is 0 Å². The minimum absolute atomic E-state index is 0. The highest BCUT2D eigenvalue weighted by Crippen LogP contribution is 1.78. The van der Waals surface area contributed by atoms with Crippen molar-refractivity contribution in [2.45, 2.75) is 13.8 Å². The van der Waals surface area contributed by atoms with Gasteiger partial charge in [0.1, 0.15) is 0 Å². The number of carbonyl (C=O) groups is 2. The molecular formula is C8H18MgN2O8S2. The quantitative estimate of drug-likeness (QED) is 0.302. The summed E-state index contributed by atoms with van der Waals surface area (Å²) in [5, 5.41) is 4.45. The standard InChI is InChI=1S/2C4H9NO4S.Mg/c2*1-4(6)5-2-3-10(7,8)9;/h2*2-3H2,1H3,(H,5,6)(H,7,8,9);. The number of carbonyl (C=O) groups excluding carboxylic acids is 2. The van der Waals surface area contributed by atoms with Gasteiger partial charge in [0.05, 0.1) is 11.5 Å². The molecule has 4 N–H and O–H groups in total. The van der Waals surface area contributed by atoms with Crippen LogP contribution in [0.2, 0.25) is 0 Å². The van der Waals surface area contributed by atoms with E-state index in [4.69, 9.17) is 9.11 Å². The molecule has 0 rings (SSSR count). The Balaban J connectivity index is -0.000000295. The number of hydrogen-bond donors (Lipinski definition) is 4. The first-order valence-electron chi connectivity index (χ1n) is 5.22. The molecule has 0 aromatic heterocycles. The zero-order chi connectivity index (χ0) is 16.4. The van der Waals surface area contributed by atoms with Crippen LogP contribution in [0.4, 0.5) is 0 Å². The van der Waals surface area contributed by atoms with Gasteiger partial charge in [0.15, 0.2) is 0 Å². The van der Waals surface area contributed by atoms with Crippen molar-refractivity contribution in [1.82, 2.24) is 10.6 Å². The first-order valence-corrected chi connectivity index (χ1v) is 8.44. The van der Waals surface area contributed by atoms with Crippen molar-refractivity contribution >= 4 is 55.1 Å². The van der Waals surface area contributed by atoms with Gasteiger partial charge in [-0.1, -0.05) is 0 Å². The Morgan fingerprint density at radius 3 is 1.19 bits per heavy atom. The molecule has 0 aliphatic carbocycles. The molecule has 0 saturated heterocycles. The largest absolute Gasteiger partial charge is 0.355 e. The second-order valence-corrected chi connectivity index (χ2v) is 6.68. The van der Waals surface area contributed by atoms with Gasteiger partial charge in [0, 0.05) is 50.0 Å². The Hall–Kier alpha value is -0.474. The zero-order valence-corrected chi connectivity index (χ0v) is 14.7. The van der Waals surface area contributed by atoms with E-state index in [-0.39, 0.29) is 48.0 Å². The minimum Gasteiger partial charge on any atom is -0.355 e. The molecule has 0 unspecified atom stereocenters. The fourth-order valence-electron chi connectivity index (χ4n) is 0.712. The monoisotopic (exact) mass is 358 g/mol. The van der Waals surface area contributed by atoms with Crippen molar-refractivity contribution in [2.75, 3.05) is 24.6 Å². The number of hydrogen-bond acceptors (Lipinski definition) is 6.